The van der Waals surface area contributed by atoms with E-state index in [-0.39, 0.29) is 16.7 Å². The van der Waals surface area contributed by atoms with Crippen LogP contribution in [0.5, 0.6) is 0 Å². The zero-order valence-electron chi connectivity index (χ0n) is 10.4. The highest BCUT2D eigenvalue weighted by molar-refractivity contribution is 5.37. The quantitative estimate of drug-likeness (QED) is 0.855. The molecule has 6 heteroatoms. The van der Waals surface area contributed by atoms with Crippen molar-refractivity contribution in [3.8, 4) is 0 Å². The summed E-state index contributed by atoms with van der Waals surface area (Å²) in [6.45, 7) is 1.47. The number of rotatable bonds is 2. The van der Waals surface area contributed by atoms with Gasteiger partial charge in [0.25, 0.3) is 0 Å². The number of alkyl halides is 3. The smallest absolute Gasteiger partial charge is 0.384 e. The summed E-state index contributed by atoms with van der Waals surface area (Å²) in [6, 6.07) is 4.47. The number of nitrogens with zero attached hydrogens (tertiary/aromatic N) is 1. The van der Waals surface area contributed by atoms with Crippen molar-refractivity contribution in [2.45, 2.75) is 19.2 Å². The monoisotopic (exact) mass is 285 g/mol. The number of hydrogen-bond acceptors (Lipinski definition) is 2. The van der Waals surface area contributed by atoms with E-state index in [4.69, 9.17) is 0 Å². The number of benzene rings is 1. The molecule has 0 saturated carbocycles. The van der Waals surface area contributed by atoms with E-state index in [1.807, 2.05) is 0 Å². The SMILES string of the molecule is Cc1cc(C(O)c2cnccc2C(F)(F)F)ccc1F. The van der Waals surface area contributed by atoms with Crippen molar-refractivity contribution < 1.29 is 22.7 Å². The second-order valence-corrected chi connectivity index (χ2v) is 4.37. The molecule has 1 aromatic heterocycles. The third-order valence-corrected chi connectivity index (χ3v) is 2.95. The highest BCUT2D eigenvalue weighted by Gasteiger charge is 2.35. The van der Waals surface area contributed by atoms with Crippen LogP contribution < -0.4 is 0 Å². The Balaban J connectivity index is 2.48. The molecular formula is C14H11F4NO. The van der Waals surface area contributed by atoms with Crippen LogP contribution in [0.3, 0.4) is 0 Å². The third kappa shape index (κ3) is 2.80. The second kappa shape index (κ2) is 5.20. The van der Waals surface area contributed by atoms with Crippen molar-refractivity contribution in [3.05, 3.63) is 64.7 Å². The Labute approximate surface area is 112 Å². The molecule has 1 heterocycles. The molecule has 1 atom stereocenters. The van der Waals surface area contributed by atoms with Crippen molar-refractivity contribution in [2.24, 2.45) is 0 Å². The molecule has 0 bridgehead atoms. The number of aromatic nitrogens is 1. The summed E-state index contributed by atoms with van der Waals surface area (Å²) in [7, 11) is 0. The first-order valence-electron chi connectivity index (χ1n) is 5.76. The fourth-order valence-electron chi connectivity index (χ4n) is 1.90. The van der Waals surface area contributed by atoms with E-state index in [0.29, 0.717) is 0 Å². The molecule has 20 heavy (non-hydrogen) atoms. The number of aliphatic hydroxyl groups is 1. The molecule has 2 nitrogen and oxygen atoms in total. The zero-order valence-corrected chi connectivity index (χ0v) is 10.4. The van der Waals surface area contributed by atoms with E-state index in [2.05, 4.69) is 4.98 Å². The van der Waals surface area contributed by atoms with Gasteiger partial charge >= 0.3 is 6.18 Å². The first-order chi connectivity index (χ1) is 9.30. The maximum atomic E-state index is 13.2. The van der Waals surface area contributed by atoms with Crippen LogP contribution in [-0.2, 0) is 6.18 Å². The van der Waals surface area contributed by atoms with Gasteiger partial charge in [-0.25, -0.2) is 4.39 Å². The largest absolute Gasteiger partial charge is 0.416 e. The summed E-state index contributed by atoms with van der Waals surface area (Å²) in [5.41, 5.74) is -0.880. The Hall–Kier alpha value is -1.95. The molecule has 0 spiro atoms. The predicted octanol–water partition coefficient (Wildman–Crippen LogP) is 3.63. The van der Waals surface area contributed by atoms with Crippen LogP contribution in [-0.4, -0.2) is 10.1 Å². The van der Waals surface area contributed by atoms with Gasteiger partial charge in [-0.1, -0.05) is 12.1 Å². The Morgan fingerprint density at radius 3 is 2.50 bits per heavy atom. The lowest BCUT2D eigenvalue weighted by Gasteiger charge is -2.17. The normalized spacial score (nSPS) is 13.3. The number of aliphatic hydroxyl groups excluding tert-OH is 1. The Morgan fingerprint density at radius 2 is 1.90 bits per heavy atom. The van der Waals surface area contributed by atoms with Gasteiger partial charge in [-0.3, -0.25) is 4.98 Å². The highest BCUT2D eigenvalue weighted by Crippen LogP contribution is 2.36. The molecule has 106 valence electrons. The minimum atomic E-state index is -4.59. The number of aryl methyl sites for hydroxylation is 1. The van der Waals surface area contributed by atoms with Crippen molar-refractivity contribution >= 4 is 0 Å². The van der Waals surface area contributed by atoms with Gasteiger partial charge < -0.3 is 5.11 Å². The van der Waals surface area contributed by atoms with E-state index in [9.17, 15) is 22.7 Å². The predicted molar refractivity (Wildman–Crippen MR) is 64.4 cm³/mol. The summed E-state index contributed by atoms with van der Waals surface area (Å²) in [5.74, 6) is -0.483. The Bertz CT molecular complexity index is 625. The van der Waals surface area contributed by atoms with Gasteiger partial charge in [0.15, 0.2) is 0 Å². The summed E-state index contributed by atoms with van der Waals surface area (Å²) >= 11 is 0. The first-order valence-corrected chi connectivity index (χ1v) is 5.76. The Kier molecular flexibility index (Phi) is 3.76. The standard InChI is InChI=1S/C14H11F4NO/c1-8-6-9(2-3-12(8)15)13(20)10-7-19-5-4-11(10)14(16,17)18/h2-7,13,20H,1H3. The molecule has 0 fully saturated rings. The van der Waals surface area contributed by atoms with Crippen LogP contribution in [0.25, 0.3) is 0 Å². The second-order valence-electron chi connectivity index (χ2n) is 4.37. The lowest BCUT2D eigenvalue weighted by molar-refractivity contribution is -0.139. The molecule has 1 N–H and O–H groups in total. The average Bonchev–Trinajstić information content (AvgIpc) is 2.40. The minimum Gasteiger partial charge on any atom is -0.384 e. The molecule has 0 aliphatic rings. The van der Waals surface area contributed by atoms with Crippen molar-refractivity contribution in [3.63, 3.8) is 0 Å². The van der Waals surface area contributed by atoms with Crippen LogP contribution in [0, 0.1) is 12.7 Å². The van der Waals surface area contributed by atoms with Crippen LogP contribution in [0.2, 0.25) is 0 Å². The lowest BCUT2D eigenvalue weighted by atomic mass is 9.97. The van der Waals surface area contributed by atoms with E-state index in [0.717, 1.165) is 24.5 Å². The molecule has 0 aliphatic carbocycles. The van der Waals surface area contributed by atoms with Gasteiger partial charge in [-0.15, -0.1) is 0 Å². The van der Waals surface area contributed by atoms with Gasteiger partial charge in [0.05, 0.1) is 5.56 Å². The van der Waals surface area contributed by atoms with Gasteiger partial charge in [0.2, 0.25) is 0 Å². The number of pyridine rings is 1. The van der Waals surface area contributed by atoms with Gasteiger partial charge in [-0.2, -0.15) is 13.2 Å². The summed E-state index contributed by atoms with van der Waals surface area (Å²) < 4.78 is 51.8. The maximum Gasteiger partial charge on any atom is 0.416 e. The zero-order chi connectivity index (χ0) is 14.9. The molecule has 0 amide bonds. The topological polar surface area (TPSA) is 33.1 Å². The molecule has 0 saturated heterocycles. The third-order valence-electron chi connectivity index (χ3n) is 2.95. The van der Waals surface area contributed by atoms with Crippen LogP contribution >= 0.6 is 0 Å². The van der Waals surface area contributed by atoms with E-state index in [1.54, 1.807) is 0 Å². The fraction of sp³-hybridized carbons (Fsp3) is 0.214. The Morgan fingerprint density at radius 1 is 1.20 bits per heavy atom. The van der Waals surface area contributed by atoms with Crippen molar-refractivity contribution in [1.82, 2.24) is 4.98 Å². The molecule has 2 aromatic rings. The van der Waals surface area contributed by atoms with E-state index in [1.165, 1.54) is 19.1 Å². The molecule has 0 radical (unpaired) electrons. The molecule has 1 aromatic carbocycles. The molecule has 1 unspecified atom stereocenters. The van der Waals surface area contributed by atoms with Gasteiger partial charge in [0, 0.05) is 18.0 Å². The highest BCUT2D eigenvalue weighted by atomic mass is 19.4. The summed E-state index contributed by atoms with van der Waals surface area (Å²) in [5, 5.41) is 10.1. The molecule has 2 rings (SSSR count). The fourth-order valence-corrected chi connectivity index (χ4v) is 1.90. The molecular weight excluding hydrogens is 274 g/mol. The minimum absolute atomic E-state index is 0.183. The molecule has 0 aliphatic heterocycles. The van der Waals surface area contributed by atoms with Crippen LogP contribution in [0.15, 0.2) is 36.7 Å². The van der Waals surface area contributed by atoms with Crippen LogP contribution in [0.4, 0.5) is 17.6 Å². The summed E-state index contributed by atoms with van der Waals surface area (Å²) in [4.78, 5) is 3.61. The van der Waals surface area contributed by atoms with Gasteiger partial charge in [-0.05, 0) is 30.2 Å². The first kappa shape index (κ1) is 14.5. The van der Waals surface area contributed by atoms with Crippen molar-refractivity contribution in [2.75, 3.05) is 0 Å². The number of halogens is 4. The van der Waals surface area contributed by atoms with E-state index < -0.39 is 23.7 Å². The van der Waals surface area contributed by atoms with Gasteiger partial charge in [0.1, 0.15) is 11.9 Å². The van der Waals surface area contributed by atoms with Crippen molar-refractivity contribution in [1.29, 1.82) is 0 Å². The van der Waals surface area contributed by atoms with Crippen LogP contribution in [0.1, 0.15) is 28.4 Å². The lowest BCUT2D eigenvalue weighted by Crippen LogP contribution is -2.13. The summed E-state index contributed by atoms with van der Waals surface area (Å²) in [6.07, 6.45) is -4.13. The number of hydrogen-bond donors (Lipinski definition) is 1. The van der Waals surface area contributed by atoms with E-state index >= 15 is 0 Å². The maximum absolute atomic E-state index is 13.2. The average molecular weight is 285 g/mol.